The molecule has 1 saturated heterocycles. The van der Waals surface area contributed by atoms with Crippen LogP contribution in [0.2, 0.25) is 0 Å². The van der Waals surface area contributed by atoms with Gasteiger partial charge in [-0.3, -0.25) is 4.79 Å². The monoisotopic (exact) mass is 374 g/mol. The number of halogens is 1. The van der Waals surface area contributed by atoms with Crippen LogP contribution in [0, 0.1) is 11.8 Å². The zero-order valence-corrected chi connectivity index (χ0v) is 15.7. The summed E-state index contributed by atoms with van der Waals surface area (Å²) in [6.07, 6.45) is 4.44. The third-order valence-electron chi connectivity index (χ3n) is 6.14. The number of carbonyl (C=O) groups excluding carboxylic acids is 1. The molecule has 1 saturated carbocycles. The van der Waals surface area contributed by atoms with Gasteiger partial charge in [-0.1, -0.05) is 24.3 Å². The maximum absolute atomic E-state index is 13.0. The average Bonchev–Trinajstić information content (AvgIpc) is 3.30. The van der Waals surface area contributed by atoms with Crippen LogP contribution in [-0.4, -0.2) is 29.9 Å². The summed E-state index contributed by atoms with van der Waals surface area (Å²) in [6, 6.07) is 11.0. The van der Waals surface area contributed by atoms with Crippen molar-refractivity contribution in [3.05, 3.63) is 46.3 Å². The topological polar surface area (TPSA) is 46.3 Å². The molecule has 0 spiro atoms. The minimum Gasteiger partial charge on any atom is -0.337 e. The van der Waals surface area contributed by atoms with Crippen LogP contribution in [0.3, 0.4) is 0 Å². The fraction of sp³-hybridized carbons (Fsp3) is 0.450. The van der Waals surface area contributed by atoms with Gasteiger partial charge in [0.25, 0.3) is 5.91 Å². The second-order valence-corrected chi connectivity index (χ2v) is 8.55. The van der Waals surface area contributed by atoms with Crippen molar-refractivity contribution in [2.45, 2.75) is 31.7 Å². The minimum atomic E-state index is 0. The Hall–Kier alpha value is -1.36. The van der Waals surface area contributed by atoms with E-state index < -0.39 is 0 Å². The van der Waals surface area contributed by atoms with Gasteiger partial charge in [0, 0.05) is 24.0 Å². The Kier molecular flexibility index (Phi) is 4.38. The lowest BCUT2D eigenvalue weighted by molar-refractivity contribution is 0.0784. The molecule has 2 aliphatic carbocycles. The number of likely N-dealkylation sites (tertiary alicyclic amines) is 1. The Morgan fingerprint density at radius 2 is 1.92 bits per heavy atom. The van der Waals surface area contributed by atoms with E-state index in [9.17, 15) is 4.79 Å². The predicted octanol–water partition coefficient (Wildman–Crippen LogP) is 3.74. The van der Waals surface area contributed by atoms with E-state index in [-0.39, 0.29) is 24.4 Å². The van der Waals surface area contributed by atoms with Crippen molar-refractivity contribution in [1.82, 2.24) is 4.90 Å². The van der Waals surface area contributed by atoms with Crippen LogP contribution < -0.4 is 5.73 Å². The zero-order chi connectivity index (χ0) is 16.3. The van der Waals surface area contributed by atoms with Gasteiger partial charge in [0.05, 0.1) is 4.88 Å². The maximum Gasteiger partial charge on any atom is 0.263 e. The lowest BCUT2D eigenvalue weighted by Gasteiger charge is -2.17. The molecule has 2 heterocycles. The molecule has 1 aromatic carbocycles. The molecule has 3 nitrogen and oxygen atoms in total. The van der Waals surface area contributed by atoms with Crippen LogP contribution in [0.25, 0.3) is 10.4 Å². The molecule has 3 atom stereocenters. The minimum absolute atomic E-state index is 0. The van der Waals surface area contributed by atoms with Gasteiger partial charge in [0.2, 0.25) is 0 Å². The maximum atomic E-state index is 13.0. The predicted molar refractivity (Wildman–Crippen MR) is 105 cm³/mol. The van der Waals surface area contributed by atoms with E-state index >= 15 is 0 Å². The van der Waals surface area contributed by atoms with Crippen molar-refractivity contribution in [2.75, 3.05) is 13.1 Å². The first-order valence-corrected chi connectivity index (χ1v) is 9.78. The van der Waals surface area contributed by atoms with Crippen molar-refractivity contribution in [1.29, 1.82) is 0 Å². The second kappa shape index (κ2) is 6.42. The Balaban J connectivity index is 0.00000157. The van der Waals surface area contributed by atoms with E-state index in [1.807, 2.05) is 0 Å². The van der Waals surface area contributed by atoms with Crippen molar-refractivity contribution in [3.8, 4) is 10.4 Å². The molecule has 0 bridgehead atoms. The first-order chi connectivity index (χ1) is 11.7. The van der Waals surface area contributed by atoms with Gasteiger partial charge in [-0.15, -0.1) is 23.7 Å². The van der Waals surface area contributed by atoms with Crippen molar-refractivity contribution < 1.29 is 4.79 Å². The average molecular weight is 375 g/mol. The number of benzene rings is 1. The lowest BCUT2D eigenvalue weighted by Crippen LogP contribution is -2.33. The third-order valence-corrected chi connectivity index (χ3v) is 7.34. The van der Waals surface area contributed by atoms with Crippen LogP contribution in [0.5, 0.6) is 0 Å². The molecule has 2 aromatic rings. The molecule has 3 aliphatic rings. The van der Waals surface area contributed by atoms with Crippen molar-refractivity contribution >= 4 is 29.7 Å². The fourth-order valence-corrected chi connectivity index (χ4v) is 6.04. The van der Waals surface area contributed by atoms with Gasteiger partial charge in [0.1, 0.15) is 0 Å². The zero-order valence-electron chi connectivity index (χ0n) is 14.1. The number of hydrogen-bond donors (Lipinski definition) is 1. The van der Waals surface area contributed by atoms with Crippen LogP contribution in [-0.2, 0) is 12.8 Å². The SMILES string of the molecule is Cl.NC1CCC2CN(C(=O)c3cc4c(s3)-c3ccccc3CC4)CC12. The summed E-state index contributed by atoms with van der Waals surface area (Å²) in [5.74, 6) is 1.36. The first kappa shape index (κ1) is 17.1. The highest BCUT2D eigenvalue weighted by Gasteiger charge is 2.42. The Labute approximate surface area is 158 Å². The van der Waals surface area contributed by atoms with Gasteiger partial charge in [-0.2, -0.15) is 0 Å². The van der Waals surface area contributed by atoms with Crippen LogP contribution in [0.1, 0.15) is 33.6 Å². The third kappa shape index (κ3) is 2.71. The lowest BCUT2D eigenvalue weighted by atomic mass is 9.91. The van der Waals surface area contributed by atoms with Gasteiger partial charge < -0.3 is 10.6 Å². The van der Waals surface area contributed by atoms with E-state index in [1.165, 1.54) is 28.0 Å². The summed E-state index contributed by atoms with van der Waals surface area (Å²) < 4.78 is 0. The Morgan fingerprint density at radius 3 is 2.76 bits per heavy atom. The molecule has 0 radical (unpaired) electrons. The van der Waals surface area contributed by atoms with E-state index in [0.717, 1.165) is 37.2 Å². The fourth-order valence-electron chi connectivity index (χ4n) is 4.81. The number of fused-ring (bicyclic) bond motifs is 4. The number of thiophene rings is 1. The molecule has 5 rings (SSSR count). The molecular formula is C20H23ClN2OS. The van der Waals surface area contributed by atoms with Crippen LogP contribution >= 0.6 is 23.7 Å². The van der Waals surface area contributed by atoms with E-state index in [2.05, 4.69) is 35.2 Å². The smallest absolute Gasteiger partial charge is 0.263 e. The van der Waals surface area contributed by atoms with Gasteiger partial charge >= 0.3 is 0 Å². The summed E-state index contributed by atoms with van der Waals surface area (Å²) in [5, 5.41) is 0. The van der Waals surface area contributed by atoms with Crippen molar-refractivity contribution in [2.24, 2.45) is 17.6 Å². The highest BCUT2D eigenvalue weighted by atomic mass is 35.5. The van der Waals surface area contributed by atoms with E-state index in [1.54, 1.807) is 11.3 Å². The summed E-state index contributed by atoms with van der Waals surface area (Å²) >= 11 is 1.68. The number of nitrogens with zero attached hydrogens (tertiary/aromatic N) is 1. The number of rotatable bonds is 1. The highest BCUT2D eigenvalue weighted by Crippen LogP contribution is 2.41. The number of carbonyl (C=O) groups is 1. The Bertz CT molecular complexity index is 818. The normalized spacial score (nSPS) is 26.6. The molecular weight excluding hydrogens is 352 g/mol. The first-order valence-electron chi connectivity index (χ1n) is 8.96. The van der Waals surface area contributed by atoms with Crippen molar-refractivity contribution in [3.63, 3.8) is 0 Å². The van der Waals surface area contributed by atoms with Gasteiger partial charge in [-0.25, -0.2) is 0 Å². The second-order valence-electron chi connectivity index (χ2n) is 7.50. The summed E-state index contributed by atoms with van der Waals surface area (Å²) in [4.78, 5) is 17.3. The molecule has 2 fully saturated rings. The molecule has 1 aliphatic heterocycles. The highest BCUT2D eigenvalue weighted by molar-refractivity contribution is 7.17. The summed E-state index contributed by atoms with van der Waals surface area (Å²) in [6.45, 7) is 1.75. The largest absolute Gasteiger partial charge is 0.337 e. The molecule has 132 valence electrons. The standard InChI is InChI=1S/C20H22N2OS.ClH/c21-17-8-7-14-10-22(11-16(14)17)20(23)18-9-13-6-5-12-3-1-2-4-15(12)19(13)24-18;/h1-4,9,14,16-17H,5-8,10-11,21H2;1H. The number of aryl methyl sites for hydroxylation is 2. The summed E-state index contributed by atoms with van der Waals surface area (Å²) in [5.41, 5.74) is 10.3. The molecule has 1 amide bonds. The van der Waals surface area contributed by atoms with E-state index in [4.69, 9.17) is 5.73 Å². The molecule has 5 heteroatoms. The number of nitrogens with two attached hydrogens (primary N) is 1. The van der Waals surface area contributed by atoms with Crippen LogP contribution in [0.15, 0.2) is 30.3 Å². The van der Waals surface area contributed by atoms with E-state index in [0.29, 0.717) is 11.8 Å². The van der Waals surface area contributed by atoms with Gasteiger partial charge in [-0.05, 0) is 60.3 Å². The molecule has 2 N–H and O–H groups in total. The quantitative estimate of drug-likeness (QED) is 0.826. The van der Waals surface area contributed by atoms with Gasteiger partial charge in [0.15, 0.2) is 0 Å². The Morgan fingerprint density at radius 1 is 1.12 bits per heavy atom. The molecule has 1 aromatic heterocycles. The van der Waals surface area contributed by atoms with Crippen LogP contribution in [0.4, 0.5) is 0 Å². The molecule has 3 unspecified atom stereocenters. The number of hydrogen-bond acceptors (Lipinski definition) is 3. The summed E-state index contributed by atoms with van der Waals surface area (Å²) in [7, 11) is 0. The number of amides is 1. The molecule has 25 heavy (non-hydrogen) atoms.